The van der Waals surface area contributed by atoms with Crippen LogP contribution in [0.25, 0.3) is 10.2 Å². The Kier molecular flexibility index (Phi) is 6.12. The fourth-order valence-electron chi connectivity index (χ4n) is 3.34. The van der Waals surface area contributed by atoms with Gasteiger partial charge in [-0.2, -0.15) is 0 Å². The number of fused-ring (bicyclic) bond motifs is 1. The molecule has 1 fully saturated rings. The van der Waals surface area contributed by atoms with Crippen LogP contribution in [0.2, 0.25) is 0 Å². The van der Waals surface area contributed by atoms with Crippen molar-refractivity contribution >= 4 is 44.4 Å². The molecular weight excluding hydrogens is 414 g/mol. The number of carbonyl (C=O) groups is 1. The molecule has 2 aromatic carbocycles. The van der Waals surface area contributed by atoms with Crippen molar-refractivity contribution in [3.05, 3.63) is 53.6 Å². The zero-order chi connectivity index (χ0) is 20.4. The number of nitrogens with zero attached hydrogens (tertiary/aromatic N) is 2. The summed E-state index contributed by atoms with van der Waals surface area (Å²) in [4.78, 5) is 20.2. The van der Waals surface area contributed by atoms with Gasteiger partial charge in [-0.25, -0.2) is 13.8 Å². The lowest BCUT2D eigenvalue weighted by Crippen LogP contribution is -2.37. The van der Waals surface area contributed by atoms with Crippen molar-refractivity contribution in [1.29, 1.82) is 0 Å². The van der Waals surface area contributed by atoms with Crippen LogP contribution < -0.4 is 4.90 Å². The number of hydrogen-bond donors (Lipinski definition) is 0. The molecule has 29 heavy (non-hydrogen) atoms. The molecule has 0 spiro atoms. The number of anilines is 1. The Morgan fingerprint density at radius 2 is 2.21 bits per heavy atom. The van der Waals surface area contributed by atoms with Crippen molar-refractivity contribution in [1.82, 2.24) is 4.98 Å². The first kappa shape index (κ1) is 20.3. The highest BCUT2D eigenvalue weighted by atomic mass is 32.2. The number of carbonyl (C=O) groups excluding carboxylic acids is 1. The van der Waals surface area contributed by atoms with Gasteiger partial charge in [0.15, 0.2) is 10.9 Å². The molecular formula is C21H20F2N2O2S2. The van der Waals surface area contributed by atoms with Crippen LogP contribution in [0.1, 0.15) is 30.1 Å². The zero-order valence-corrected chi connectivity index (χ0v) is 17.5. The molecule has 1 aliphatic rings. The fourth-order valence-corrected chi connectivity index (χ4v) is 5.07. The van der Waals surface area contributed by atoms with Crippen LogP contribution in [0.3, 0.4) is 0 Å². The largest absolute Gasteiger partial charge is 0.376 e. The second kappa shape index (κ2) is 8.77. The van der Waals surface area contributed by atoms with Crippen molar-refractivity contribution in [2.75, 3.05) is 23.8 Å². The highest BCUT2D eigenvalue weighted by Crippen LogP contribution is 2.33. The summed E-state index contributed by atoms with van der Waals surface area (Å²) in [6.45, 7) is 3.04. The van der Waals surface area contributed by atoms with E-state index in [0.29, 0.717) is 28.5 Å². The Morgan fingerprint density at radius 1 is 1.34 bits per heavy atom. The number of ether oxygens (including phenoxy) is 1. The molecule has 152 valence electrons. The Labute approximate surface area is 175 Å². The lowest BCUT2D eigenvalue weighted by Gasteiger charge is -2.23. The van der Waals surface area contributed by atoms with E-state index in [9.17, 15) is 13.6 Å². The van der Waals surface area contributed by atoms with Crippen molar-refractivity contribution in [3.63, 3.8) is 0 Å². The standard InChI is InChI=1S/C21H20F2N2O2S2/c1-2-28-16-7-3-5-13(9-16)20(26)25(12-15-6-4-8-27-15)21-24-19-17(23)10-14(22)11-18(19)29-21/h3,5,7,9-11,15H,2,4,6,8,12H2,1H3. The van der Waals surface area contributed by atoms with Crippen LogP contribution >= 0.6 is 23.1 Å². The molecule has 0 bridgehead atoms. The molecule has 4 rings (SSSR count). The number of thiazole rings is 1. The molecule has 8 heteroatoms. The van der Waals surface area contributed by atoms with Gasteiger partial charge in [-0.3, -0.25) is 9.69 Å². The van der Waals surface area contributed by atoms with E-state index >= 15 is 0 Å². The van der Waals surface area contributed by atoms with Crippen molar-refractivity contribution in [3.8, 4) is 0 Å². The SMILES string of the molecule is CCSc1cccc(C(=O)N(CC2CCCO2)c2nc3c(F)cc(F)cc3s2)c1. The van der Waals surface area contributed by atoms with Gasteiger partial charge in [0, 0.05) is 23.1 Å². The summed E-state index contributed by atoms with van der Waals surface area (Å²) in [6, 6.07) is 9.48. The van der Waals surface area contributed by atoms with Gasteiger partial charge in [-0.15, -0.1) is 11.8 Å². The number of amides is 1. The molecule has 1 aromatic heterocycles. The van der Waals surface area contributed by atoms with E-state index in [2.05, 4.69) is 11.9 Å². The van der Waals surface area contributed by atoms with Crippen LogP contribution in [0.4, 0.5) is 13.9 Å². The van der Waals surface area contributed by atoms with Crippen LogP contribution in [0.5, 0.6) is 0 Å². The predicted octanol–water partition coefficient (Wildman–Crippen LogP) is 5.51. The Bertz CT molecular complexity index is 1030. The van der Waals surface area contributed by atoms with Crippen molar-refractivity contribution in [2.45, 2.75) is 30.8 Å². The topological polar surface area (TPSA) is 42.4 Å². The average Bonchev–Trinajstić information content (AvgIpc) is 3.35. The second-order valence-corrected chi connectivity index (χ2v) is 9.09. The maximum atomic E-state index is 14.2. The van der Waals surface area contributed by atoms with Crippen LogP contribution in [-0.2, 0) is 4.74 Å². The van der Waals surface area contributed by atoms with Crippen molar-refractivity contribution < 1.29 is 18.3 Å². The zero-order valence-electron chi connectivity index (χ0n) is 15.9. The number of halogens is 2. The molecule has 1 unspecified atom stereocenters. The van der Waals surface area contributed by atoms with E-state index in [-0.39, 0.29) is 17.5 Å². The summed E-state index contributed by atoms with van der Waals surface area (Å²) in [6.07, 6.45) is 1.69. The third-order valence-corrected chi connectivity index (χ3v) is 6.58. The highest BCUT2D eigenvalue weighted by molar-refractivity contribution is 7.99. The first-order valence-corrected chi connectivity index (χ1v) is 11.3. The molecule has 0 saturated carbocycles. The molecule has 0 N–H and O–H groups in total. The summed E-state index contributed by atoms with van der Waals surface area (Å²) < 4.78 is 33.9. The predicted molar refractivity (Wildman–Crippen MR) is 113 cm³/mol. The minimum absolute atomic E-state index is 0.0758. The highest BCUT2D eigenvalue weighted by Gasteiger charge is 2.27. The van der Waals surface area contributed by atoms with Crippen LogP contribution in [-0.4, -0.2) is 35.9 Å². The summed E-state index contributed by atoms with van der Waals surface area (Å²) in [5, 5.41) is 0.346. The fraction of sp³-hybridized carbons (Fsp3) is 0.333. The molecule has 1 atom stereocenters. The first-order valence-electron chi connectivity index (χ1n) is 9.47. The second-order valence-electron chi connectivity index (χ2n) is 6.74. The van der Waals surface area contributed by atoms with Gasteiger partial charge >= 0.3 is 0 Å². The number of thioether (sulfide) groups is 1. The van der Waals surface area contributed by atoms with Crippen LogP contribution in [0.15, 0.2) is 41.3 Å². The smallest absolute Gasteiger partial charge is 0.260 e. The Balaban J connectivity index is 1.72. The van der Waals surface area contributed by atoms with Gasteiger partial charge in [-0.05, 0) is 42.9 Å². The Hall–Kier alpha value is -2.03. The number of hydrogen-bond acceptors (Lipinski definition) is 5. The average molecular weight is 435 g/mol. The van der Waals surface area contributed by atoms with E-state index in [4.69, 9.17) is 4.74 Å². The molecule has 1 aliphatic heterocycles. The van der Waals surface area contributed by atoms with Gasteiger partial charge in [0.05, 0.1) is 17.3 Å². The monoisotopic (exact) mass is 434 g/mol. The number of aromatic nitrogens is 1. The minimum Gasteiger partial charge on any atom is -0.376 e. The van der Waals surface area contributed by atoms with Gasteiger partial charge in [0.2, 0.25) is 0 Å². The van der Waals surface area contributed by atoms with E-state index < -0.39 is 11.6 Å². The molecule has 1 saturated heterocycles. The van der Waals surface area contributed by atoms with Gasteiger partial charge < -0.3 is 4.74 Å². The first-order chi connectivity index (χ1) is 14.0. The summed E-state index contributed by atoms with van der Waals surface area (Å²) >= 11 is 2.76. The quantitative estimate of drug-likeness (QED) is 0.480. The maximum Gasteiger partial charge on any atom is 0.260 e. The molecule has 0 aliphatic carbocycles. The van der Waals surface area contributed by atoms with E-state index in [1.165, 1.54) is 11.0 Å². The minimum atomic E-state index is -0.728. The van der Waals surface area contributed by atoms with Gasteiger partial charge in [-0.1, -0.05) is 24.3 Å². The van der Waals surface area contributed by atoms with Crippen molar-refractivity contribution in [2.24, 2.45) is 0 Å². The number of benzene rings is 2. The number of rotatable bonds is 6. The van der Waals surface area contributed by atoms with E-state index in [1.54, 1.807) is 17.8 Å². The molecule has 0 radical (unpaired) electrons. The lowest BCUT2D eigenvalue weighted by molar-refractivity contribution is 0.0917. The van der Waals surface area contributed by atoms with E-state index in [1.807, 2.05) is 18.2 Å². The third kappa shape index (κ3) is 4.44. The van der Waals surface area contributed by atoms with Gasteiger partial charge in [0.1, 0.15) is 11.3 Å². The Morgan fingerprint density at radius 3 is 2.97 bits per heavy atom. The summed E-state index contributed by atoms with van der Waals surface area (Å²) in [5.74, 6) is -0.709. The van der Waals surface area contributed by atoms with Crippen LogP contribution in [0, 0.1) is 11.6 Å². The molecule has 2 heterocycles. The molecule has 1 amide bonds. The van der Waals surface area contributed by atoms with E-state index in [0.717, 1.165) is 40.9 Å². The molecule has 4 nitrogen and oxygen atoms in total. The normalized spacial score (nSPS) is 16.4. The van der Waals surface area contributed by atoms with Gasteiger partial charge in [0.25, 0.3) is 5.91 Å². The lowest BCUT2D eigenvalue weighted by atomic mass is 10.2. The molecule has 3 aromatic rings. The maximum absolute atomic E-state index is 14.2. The summed E-state index contributed by atoms with van der Waals surface area (Å²) in [5.41, 5.74) is 0.610. The summed E-state index contributed by atoms with van der Waals surface area (Å²) in [7, 11) is 0. The third-order valence-electron chi connectivity index (χ3n) is 4.68.